The molecule has 0 unspecified atom stereocenters. The van der Waals surface area contributed by atoms with E-state index < -0.39 is 18.8 Å². The van der Waals surface area contributed by atoms with Crippen LogP contribution in [0.15, 0.2) is 18.2 Å². The van der Waals surface area contributed by atoms with Gasteiger partial charge in [-0.3, -0.25) is 4.79 Å². The first-order valence-corrected chi connectivity index (χ1v) is 7.69. The lowest BCUT2D eigenvalue weighted by Crippen LogP contribution is -2.47. The molecule has 1 aliphatic rings. The number of hydrogen-bond acceptors (Lipinski definition) is 4. The van der Waals surface area contributed by atoms with Gasteiger partial charge in [0.05, 0.1) is 13.2 Å². The van der Waals surface area contributed by atoms with Crippen LogP contribution in [0.1, 0.15) is 12.5 Å². The van der Waals surface area contributed by atoms with Gasteiger partial charge in [0.1, 0.15) is 11.8 Å². The molecular weight excluding hydrogens is 325 g/mol. The summed E-state index contributed by atoms with van der Waals surface area (Å²) >= 11 is 0. The van der Waals surface area contributed by atoms with E-state index in [1.165, 1.54) is 6.07 Å². The number of alkyl halides is 3. The van der Waals surface area contributed by atoms with Gasteiger partial charge in [0.15, 0.2) is 6.61 Å². The highest BCUT2D eigenvalue weighted by atomic mass is 19.4. The summed E-state index contributed by atoms with van der Waals surface area (Å²) in [5, 5.41) is 3.07. The molecule has 1 fully saturated rings. The predicted molar refractivity (Wildman–Crippen MR) is 83.2 cm³/mol. The summed E-state index contributed by atoms with van der Waals surface area (Å²) in [4.78, 5) is 14.1. The highest BCUT2D eigenvalue weighted by Crippen LogP contribution is 2.25. The molecule has 8 heteroatoms. The number of nitrogens with zero attached hydrogens (tertiary/aromatic N) is 1. The SMILES string of the molecule is Cc1cc(N[C@@H](C)C(=O)N2CCOCC2)ccc1OCC(F)(F)F. The molecule has 1 saturated heterocycles. The Labute approximate surface area is 138 Å². The summed E-state index contributed by atoms with van der Waals surface area (Å²) in [6, 6.07) is 4.29. The van der Waals surface area contributed by atoms with Gasteiger partial charge in [0.25, 0.3) is 0 Å². The van der Waals surface area contributed by atoms with Gasteiger partial charge >= 0.3 is 6.18 Å². The first-order valence-electron chi connectivity index (χ1n) is 7.69. The second-order valence-electron chi connectivity index (χ2n) is 5.69. The Hall–Kier alpha value is -1.96. The number of aryl methyl sites for hydroxylation is 1. The second kappa shape index (κ2) is 7.74. The highest BCUT2D eigenvalue weighted by molar-refractivity contribution is 5.84. The minimum atomic E-state index is -4.37. The maximum Gasteiger partial charge on any atom is 0.422 e. The highest BCUT2D eigenvalue weighted by Gasteiger charge is 2.28. The monoisotopic (exact) mass is 346 g/mol. The van der Waals surface area contributed by atoms with E-state index in [0.29, 0.717) is 37.6 Å². The molecule has 0 saturated carbocycles. The Morgan fingerprint density at radius 3 is 2.62 bits per heavy atom. The van der Waals surface area contributed by atoms with E-state index in [9.17, 15) is 18.0 Å². The molecule has 1 aromatic rings. The summed E-state index contributed by atoms with van der Waals surface area (Å²) in [6.45, 7) is 4.27. The van der Waals surface area contributed by atoms with Gasteiger partial charge in [-0.05, 0) is 37.6 Å². The second-order valence-corrected chi connectivity index (χ2v) is 5.69. The molecule has 2 rings (SSSR count). The average Bonchev–Trinajstić information content (AvgIpc) is 2.53. The largest absolute Gasteiger partial charge is 0.484 e. The van der Waals surface area contributed by atoms with E-state index in [-0.39, 0.29) is 11.7 Å². The smallest absolute Gasteiger partial charge is 0.422 e. The van der Waals surface area contributed by atoms with Crippen LogP contribution in [-0.4, -0.2) is 55.9 Å². The number of anilines is 1. The molecular formula is C16H21F3N2O3. The fraction of sp³-hybridized carbons (Fsp3) is 0.562. The van der Waals surface area contributed by atoms with E-state index in [4.69, 9.17) is 9.47 Å². The van der Waals surface area contributed by atoms with Crippen molar-refractivity contribution in [2.45, 2.75) is 26.1 Å². The minimum Gasteiger partial charge on any atom is -0.484 e. The third-order valence-corrected chi connectivity index (χ3v) is 3.64. The number of halogens is 3. The molecule has 0 bridgehead atoms. The van der Waals surface area contributed by atoms with Crippen LogP contribution in [0.5, 0.6) is 5.75 Å². The Kier molecular flexibility index (Phi) is 5.93. The van der Waals surface area contributed by atoms with Crippen LogP contribution in [0, 0.1) is 6.92 Å². The third-order valence-electron chi connectivity index (χ3n) is 3.64. The molecule has 1 amide bonds. The van der Waals surface area contributed by atoms with Crippen LogP contribution >= 0.6 is 0 Å². The Morgan fingerprint density at radius 2 is 2.04 bits per heavy atom. The lowest BCUT2D eigenvalue weighted by Gasteiger charge is -2.29. The van der Waals surface area contributed by atoms with Gasteiger partial charge in [-0.15, -0.1) is 0 Å². The van der Waals surface area contributed by atoms with Crippen LogP contribution in [0.2, 0.25) is 0 Å². The van der Waals surface area contributed by atoms with Crippen molar-refractivity contribution in [1.82, 2.24) is 4.90 Å². The van der Waals surface area contributed by atoms with E-state index in [0.717, 1.165) is 0 Å². The Morgan fingerprint density at radius 1 is 1.38 bits per heavy atom. The van der Waals surface area contributed by atoms with Crippen molar-refractivity contribution in [3.63, 3.8) is 0 Å². The zero-order valence-corrected chi connectivity index (χ0v) is 13.7. The summed E-state index contributed by atoms with van der Waals surface area (Å²) in [7, 11) is 0. The number of carbonyl (C=O) groups excluding carboxylic acids is 1. The topological polar surface area (TPSA) is 50.8 Å². The summed E-state index contributed by atoms with van der Waals surface area (Å²) in [5.74, 6) is 0.137. The number of nitrogens with one attached hydrogen (secondary N) is 1. The normalized spacial score (nSPS) is 16.6. The maximum atomic E-state index is 12.3. The van der Waals surface area contributed by atoms with Gasteiger partial charge in [0, 0.05) is 18.8 Å². The van der Waals surface area contributed by atoms with Gasteiger partial charge in [0.2, 0.25) is 5.91 Å². The van der Waals surface area contributed by atoms with Crippen LogP contribution in [-0.2, 0) is 9.53 Å². The molecule has 24 heavy (non-hydrogen) atoms. The number of morpholine rings is 1. The van der Waals surface area contributed by atoms with Crippen LogP contribution in [0.4, 0.5) is 18.9 Å². The van der Waals surface area contributed by atoms with Gasteiger partial charge < -0.3 is 19.7 Å². The summed E-state index contributed by atoms with van der Waals surface area (Å²) in [6.07, 6.45) is -4.37. The maximum absolute atomic E-state index is 12.3. The Balaban J connectivity index is 1.94. The fourth-order valence-corrected chi connectivity index (χ4v) is 2.43. The van der Waals surface area contributed by atoms with Crippen molar-refractivity contribution in [2.24, 2.45) is 0 Å². The first-order chi connectivity index (χ1) is 11.3. The number of amides is 1. The van der Waals surface area contributed by atoms with Crippen molar-refractivity contribution < 1.29 is 27.4 Å². The number of benzene rings is 1. The number of hydrogen-bond donors (Lipinski definition) is 1. The molecule has 1 aliphatic heterocycles. The lowest BCUT2D eigenvalue weighted by molar-refractivity contribution is -0.153. The van der Waals surface area contributed by atoms with E-state index in [1.54, 1.807) is 30.9 Å². The molecule has 5 nitrogen and oxygen atoms in total. The minimum absolute atomic E-state index is 0.0339. The fourth-order valence-electron chi connectivity index (χ4n) is 2.43. The molecule has 1 atom stereocenters. The molecule has 0 aromatic heterocycles. The van der Waals surface area contributed by atoms with E-state index in [2.05, 4.69) is 5.32 Å². The third kappa shape index (κ3) is 5.30. The van der Waals surface area contributed by atoms with Gasteiger partial charge in [-0.2, -0.15) is 13.2 Å². The molecule has 1 aromatic carbocycles. The number of carbonyl (C=O) groups is 1. The van der Waals surface area contributed by atoms with E-state index in [1.807, 2.05) is 0 Å². The summed E-state index contributed by atoms with van der Waals surface area (Å²) in [5.41, 5.74) is 1.22. The van der Waals surface area contributed by atoms with Gasteiger partial charge in [-0.1, -0.05) is 0 Å². The van der Waals surface area contributed by atoms with Crippen molar-refractivity contribution in [3.05, 3.63) is 23.8 Å². The first kappa shape index (κ1) is 18.4. The zero-order valence-electron chi connectivity index (χ0n) is 13.7. The predicted octanol–water partition coefficient (Wildman–Crippen LogP) is 2.60. The number of rotatable bonds is 5. The molecule has 1 heterocycles. The standard InChI is InChI=1S/C16H21F3N2O3/c1-11-9-13(3-4-14(11)24-10-16(17,18)19)20-12(2)15(22)21-5-7-23-8-6-21/h3-4,9,12,20H,5-8,10H2,1-2H3/t12-/m0/s1. The van der Waals surface area contributed by atoms with Crippen molar-refractivity contribution in [3.8, 4) is 5.75 Å². The van der Waals surface area contributed by atoms with Crippen LogP contribution in [0.3, 0.4) is 0 Å². The van der Waals surface area contributed by atoms with Crippen molar-refractivity contribution in [1.29, 1.82) is 0 Å². The van der Waals surface area contributed by atoms with Crippen LogP contribution in [0.25, 0.3) is 0 Å². The van der Waals surface area contributed by atoms with Gasteiger partial charge in [-0.25, -0.2) is 0 Å². The number of ether oxygens (including phenoxy) is 2. The van der Waals surface area contributed by atoms with Crippen LogP contribution < -0.4 is 10.1 Å². The van der Waals surface area contributed by atoms with Crippen molar-refractivity contribution in [2.75, 3.05) is 38.2 Å². The molecule has 1 N–H and O–H groups in total. The molecule has 0 spiro atoms. The molecule has 0 aliphatic carbocycles. The zero-order chi connectivity index (χ0) is 17.7. The van der Waals surface area contributed by atoms with Crippen molar-refractivity contribution >= 4 is 11.6 Å². The quantitative estimate of drug-likeness (QED) is 0.890. The Bertz CT molecular complexity index is 572. The summed E-state index contributed by atoms with van der Waals surface area (Å²) < 4.78 is 46.6. The lowest BCUT2D eigenvalue weighted by atomic mass is 10.1. The van der Waals surface area contributed by atoms with E-state index >= 15 is 0 Å². The molecule has 0 radical (unpaired) electrons. The average molecular weight is 346 g/mol. The molecule has 134 valence electrons.